The molecule has 3 N–H and O–H groups in total. The minimum absolute atomic E-state index is 0.145. The molecule has 0 spiro atoms. The van der Waals surface area contributed by atoms with E-state index in [0.29, 0.717) is 52.4 Å². The number of nitrogens with two attached hydrogens (primary N) is 1. The number of aromatic amines is 1. The predicted molar refractivity (Wildman–Crippen MR) is 124 cm³/mol. The minimum atomic E-state index is -0.811. The van der Waals surface area contributed by atoms with Gasteiger partial charge in [0.05, 0.1) is 5.71 Å². The first-order valence-corrected chi connectivity index (χ1v) is 11.5. The van der Waals surface area contributed by atoms with Gasteiger partial charge in [-0.2, -0.15) is 4.98 Å². The zero-order valence-electron chi connectivity index (χ0n) is 19.4. The Labute approximate surface area is 195 Å². The highest BCUT2D eigenvalue weighted by molar-refractivity contribution is 6.09. The number of H-pyrrole nitrogens is 1. The van der Waals surface area contributed by atoms with E-state index < -0.39 is 11.4 Å². The van der Waals surface area contributed by atoms with Crippen molar-refractivity contribution >= 4 is 17.2 Å². The predicted octanol–water partition coefficient (Wildman–Crippen LogP) is 3.99. The Kier molecular flexibility index (Phi) is 5.45. The molecule has 2 aliphatic rings. The largest absolute Gasteiger partial charge is 0.463 e. The van der Waals surface area contributed by atoms with Crippen LogP contribution in [0.4, 0.5) is 15.9 Å². The molecular weight excluding hydrogens is 439 g/mol. The molecule has 1 fully saturated rings. The third-order valence-corrected chi connectivity index (χ3v) is 6.66. The van der Waals surface area contributed by atoms with Crippen LogP contribution < -0.4 is 16.2 Å². The van der Waals surface area contributed by atoms with Crippen LogP contribution in [0.25, 0.3) is 0 Å². The van der Waals surface area contributed by atoms with Gasteiger partial charge in [0.2, 0.25) is 5.88 Å². The SMILES string of the molecule is Cc1nc(N)c2c(n1)OC(C)(C)C(c1ccc([C@H]3CC[C@H](Cc4noc(=O)[nH]4)CC3)c(F)c1)=N2. The molecule has 9 nitrogen and oxygen atoms in total. The normalized spacial score (nSPS) is 21.5. The summed E-state index contributed by atoms with van der Waals surface area (Å²) in [5.41, 5.74) is 7.54. The Morgan fingerprint density at radius 2 is 1.97 bits per heavy atom. The molecule has 1 saturated carbocycles. The van der Waals surface area contributed by atoms with Gasteiger partial charge >= 0.3 is 5.76 Å². The van der Waals surface area contributed by atoms with Crippen molar-refractivity contribution in [2.24, 2.45) is 10.9 Å². The summed E-state index contributed by atoms with van der Waals surface area (Å²) in [6.45, 7) is 5.48. The molecule has 10 heteroatoms. The second kappa shape index (κ2) is 8.34. The lowest BCUT2D eigenvalue weighted by atomic mass is 9.77. The van der Waals surface area contributed by atoms with Crippen molar-refractivity contribution in [3.8, 4) is 5.88 Å². The van der Waals surface area contributed by atoms with E-state index in [1.807, 2.05) is 26.0 Å². The molecule has 0 saturated heterocycles. The molecule has 0 unspecified atom stereocenters. The molecule has 0 amide bonds. The first kappa shape index (κ1) is 22.2. The summed E-state index contributed by atoms with van der Waals surface area (Å²) in [7, 11) is 0. The van der Waals surface area contributed by atoms with Crippen LogP contribution >= 0.6 is 0 Å². The van der Waals surface area contributed by atoms with Gasteiger partial charge in [0, 0.05) is 12.0 Å². The molecule has 2 aromatic heterocycles. The molecule has 1 aromatic carbocycles. The van der Waals surface area contributed by atoms with Crippen LogP contribution in [0.2, 0.25) is 0 Å². The molecule has 0 atom stereocenters. The smallest absolute Gasteiger partial charge is 0.438 e. The number of benzene rings is 1. The number of anilines is 1. The fourth-order valence-corrected chi connectivity index (χ4v) is 4.99. The monoisotopic (exact) mass is 466 g/mol. The van der Waals surface area contributed by atoms with Crippen molar-refractivity contribution in [3.63, 3.8) is 0 Å². The van der Waals surface area contributed by atoms with Gasteiger partial charge in [-0.05, 0) is 69.9 Å². The van der Waals surface area contributed by atoms with Gasteiger partial charge in [0.25, 0.3) is 0 Å². The molecule has 0 radical (unpaired) electrons. The zero-order valence-corrected chi connectivity index (χ0v) is 19.4. The summed E-state index contributed by atoms with van der Waals surface area (Å²) in [6, 6.07) is 5.28. The molecule has 3 aromatic rings. The molecule has 1 aliphatic heterocycles. The Hall–Kier alpha value is -3.56. The van der Waals surface area contributed by atoms with E-state index >= 15 is 4.39 Å². The second-order valence-corrected chi connectivity index (χ2v) is 9.58. The number of halogens is 1. The number of hydrogen-bond acceptors (Lipinski definition) is 8. The fourth-order valence-electron chi connectivity index (χ4n) is 4.99. The van der Waals surface area contributed by atoms with Crippen LogP contribution in [0, 0.1) is 18.7 Å². The Bertz CT molecular complexity index is 1320. The van der Waals surface area contributed by atoms with Crippen LogP contribution in [0.1, 0.15) is 68.2 Å². The maximum atomic E-state index is 15.3. The Balaban J connectivity index is 1.35. The first-order chi connectivity index (χ1) is 16.2. The molecule has 0 bridgehead atoms. The lowest BCUT2D eigenvalue weighted by Gasteiger charge is -2.32. The van der Waals surface area contributed by atoms with Crippen LogP contribution in [0.15, 0.2) is 32.5 Å². The number of fused-ring (bicyclic) bond motifs is 1. The Morgan fingerprint density at radius 3 is 2.65 bits per heavy atom. The maximum Gasteiger partial charge on any atom is 0.438 e. The average Bonchev–Trinajstić information content (AvgIpc) is 3.17. The van der Waals surface area contributed by atoms with E-state index in [9.17, 15) is 4.79 Å². The zero-order chi connectivity index (χ0) is 24.0. The molecule has 3 heterocycles. The highest BCUT2D eigenvalue weighted by Crippen LogP contribution is 2.41. The van der Waals surface area contributed by atoms with E-state index in [1.54, 1.807) is 6.92 Å². The minimum Gasteiger partial charge on any atom is -0.463 e. The number of rotatable bonds is 4. The second-order valence-electron chi connectivity index (χ2n) is 9.58. The van der Waals surface area contributed by atoms with Crippen LogP contribution in [0.5, 0.6) is 5.88 Å². The fraction of sp³-hybridized carbons (Fsp3) is 0.458. The van der Waals surface area contributed by atoms with Gasteiger partial charge in [-0.3, -0.25) is 9.51 Å². The van der Waals surface area contributed by atoms with E-state index in [1.165, 1.54) is 6.07 Å². The number of aromatic nitrogens is 4. The van der Waals surface area contributed by atoms with Gasteiger partial charge in [0.15, 0.2) is 17.3 Å². The summed E-state index contributed by atoms with van der Waals surface area (Å²) in [5, 5.41) is 3.75. The molecule has 5 rings (SSSR count). The van der Waals surface area contributed by atoms with E-state index in [2.05, 4.69) is 29.6 Å². The molecule has 1 aliphatic carbocycles. The quantitative estimate of drug-likeness (QED) is 0.594. The van der Waals surface area contributed by atoms with Gasteiger partial charge in [0.1, 0.15) is 17.2 Å². The highest BCUT2D eigenvalue weighted by atomic mass is 19.1. The van der Waals surface area contributed by atoms with Gasteiger partial charge in [-0.1, -0.05) is 17.3 Å². The standard InChI is InChI=1S/C24H27FN6O3/c1-12-27-21(26)19-22(28-12)33-24(2,3)20(30-19)15-8-9-16(17(25)11-15)14-6-4-13(5-7-14)10-18-29-23(32)34-31-18/h8-9,11,13-14H,4-7,10H2,1-3H3,(H2,26,27,28)(H,29,31,32)/t13-,14-. The van der Waals surface area contributed by atoms with E-state index in [4.69, 9.17) is 10.5 Å². The van der Waals surface area contributed by atoms with Gasteiger partial charge in [-0.15, -0.1) is 0 Å². The van der Waals surface area contributed by atoms with Crippen molar-refractivity contribution in [2.45, 2.75) is 64.4 Å². The first-order valence-electron chi connectivity index (χ1n) is 11.5. The maximum absolute atomic E-state index is 15.3. The lowest BCUT2D eigenvalue weighted by Crippen LogP contribution is -2.41. The third-order valence-electron chi connectivity index (χ3n) is 6.66. The number of nitrogens with zero attached hydrogens (tertiary/aromatic N) is 4. The van der Waals surface area contributed by atoms with E-state index in [-0.39, 0.29) is 17.6 Å². The third kappa shape index (κ3) is 4.20. The summed E-state index contributed by atoms with van der Waals surface area (Å²) >= 11 is 0. The molecule has 34 heavy (non-hydrogen) atoms. The summed E-state index contributed by atoms with van der Waals surface area (Å²) in [6.07, 6.45) is 4.29. The molecule has 178 valence electrons. The van der Waals surface area contributed by atoms with Crippen LogP contribution in [0.3, 0.4) is 0 Å². The van der Waals surface area contributed by atoms with Gasteiger partial charge in [-0.25, -0.2) is 19.2 Å². The van der Waals surface area contributed by atoms with Crippen molar-refractivity contribution < 1.29 is 13.7 Å². The van der Waals surface area contributed by atoms with Crippen LogP contribution in [-0.2, 0) is 6.42 Å². The van der Waals surface area contributed by atoms with Crippen LogP contribution in [-0.4, -0.2) is 31.4 Å². The van der Waals surface area contributed by atoms with E-state index in [0.717, 1.165) is 25.7 Å². The number of aryl methyl sites for hydroxylation is 1. The number of aliphatic imine (C=N–C) groups is 1. The highest BCUT2D eigenvalue weighted by Gasteiger charge is 2.36. The topological polar surface area (TPSA) is 132 Å². The summed E-state index contributed by atoms with van der Waals surface area (Å²) in [4.78, 5) is 26.9. The molecular formula is C24H27FN6O3. The van der Waals surface area contributed by atoms with Crippen molar-refractivity contribution in [1.82, 2.24) is 20.1 Å². The summed E-state index contributed by atoms with van der Waals surface area (Å²) < 4.78 is 26.0. The van der Waals surface area contributed by atoms with Crippen molar-refractivity contribution in [1.29, 1.82) is 0 Å². The number of nitrogen functional groups attached to an aromatic ring is 1. The van der Waals surface area contributed by atoms with Crippen molar-refractivity contribution in [2.75, 3.05) is 5.73 Å². The number of hydrogen-bond donors (Lipinski definition) is 2. The van der Waals surface area contributed by atoms with Gasteiger partial charge < -0.3 is 10.5 Å². The summed E-state index contributed by atoms with van der Waals surface area (Å²) in [5.74, 6) is 1.41. The Morgan fingerprint density at radius 1 is 1.21 bits per heavy atom. The lowest BCUT2D eigenvalue weighted by molar-refractivity contribution is 0.171. The van der Waals surface area contributed by atoms with Crippen molar-refractivity contribution in [3.05, 3.63) is 57.3 Å². The number of ether oxygens (including phenoxy) is 1. The number of nitrogens with one attached hydrogen (secondary N) is 1. The average molecular weight is 467 g/mol.